The van der Waals surface area contributed by atoms with Crippen LogP contribution in [0.1, 0.15) is 55.7 Å². The summed E-state index contributed by atoms with van der Waals surface area (Å²) in [5, 5.41) is 12.2. The minimum absolute atomic E-state index is 0.306. The van der Waals surface area contributed by atoms with Gasteiger partial charge in [0.05, 0.1) is 17.3 Å². The summed E-state index contributed by atoms with van der Waals surface area (Å²) in [6.07, 6.45) is -1.42. The van der Waals surface area contributed by atoms with E-state index in [9.17, 15) is 27.9 Å². The van der Waals surface area contributed by atoms with Crippen molar-refractivity contribution >= 4 is 17.6 Å². The number of halogens is 3. The summed E-state index contributed by atoms with van der Waals surface area (Å²) >= 11 is 0. The molecule has 2 aromatic rings. The highest BCUT2D eigenvalue weighted by molar-refractivity contribution is 5.96. The van der Waals surface area contributed by atoms with Crippen molar-refractivity contribution in [3.8, 4) is 0 Å². The second-order valence-electron chi connectivity index (χ2n) is 8.71. The molecular formula is C25H28F3NO3. The van der Waals surface area contributed by atoms with Crippen molar-refractivity contribution in [2.24, 2.45) is 11.3 Å². The Labute approximate surface area is 185 Å². The number of carbonyl (C=O) groups excluding carboxylic acids is 1. The van der Waals surface area contributed by atoms with E-state index in [1.54, 1.807) is 48.5 Å². The lowest BCUT2D eigenvalue weighted by Crippen LogP contribution is -2.39. The third-order valence-electron chi connectivity index (χ3n) is 6.55. The fraction of sp³-hybridized carbons (Fsp3) is 0.440. The van der Waals surface area contributed by atoms with Gasteiger partial charge in [-0.1, -0.05) is 56.7 Å². The molecule has 0 unspecified atom stereocenters. The standard InChI is InChI=1S/C25H28F3NO3/c1-3-17-8-10-19(11-9-17)21(16(2)25(26,27)28)22(30)29-20-7-4-6-18(14-20)15-24(23(31)32)12-5-13-24/h4,6-11,14,16,21H,3,5,12-13,15H2,1-2H3,(H,29,30)(H,31,32)/t16-,21+/m1/s1. The first kappa shape index (κ1) is 23.8. The number of carboxylic acid groups (broad SMARTS) is 1. The fourth-order valence-corrected chi connectivity index (χ4v) is 4.26. The number of benzene rings is 2. The average molecular weight is 447 g/mol. The van der Waals surface area contributed by atoms with Gasteiger partial charge in [-0.05, 0) is 54.5 Å². The Hall–Kier alpha value is -2.83. The van der Waals surface area contributed by atoms with E-state index in [-0.39, 0.29) is 0 Å². The summed E-state index contributed by atoms with van der Waals surface area (Å²) in [5.41, 5.74) is 1.58. The minimum Gasteiger partial charge on any atom is -0.481 e. The fourth-order valence-electron chi connectivity index (χ4n) is 4.26. The molecule has 1 amide bonds. The lowest BCUT2D eigenvalue weighted by atomic mass is 9.65. The Kier molecular flexibility index (Phi) is 6.96. The molecule has 2 atom stereocenters. The molecule has 1 aliphatic rings. The van der Waals surface area contributed by atoms with E-state index in [1.165, 1.54) is 0 Å². The minimum atomic E-state index is -4.54. The first-order valence-corrected chi connectivity index (χ1v) is 10.8. The largest absolute Gasteiger partial charge is 0.481 e. The summed E-state index contributed by atoms with van der Waals surface area (Å²) in [7, 11) is 0. The zero-order valence-corrected chi connectivity index (χ0v) is 18.2. The molecule has 7 heteroatoms. The molecule has 2 N–H and O–H groups in total. The Morgan fingerprint density at radius 1 is 1.09 bits per heavy atom. The predicted octanol–water partition coefficient (Wildman–Crippen LogP) is 5.97. The molecule has 0 aromatic heterocycles. The van der Waals surface area contributed by atoms with Crippen LogP contribution in [0.4, 0.5) is 18.9 Å². The van der Waals surface area contributed by atoms with E-state index < -0.39 is 35.3 Å². The van der Waals surface area contributed by atoms with Gasteiger partial charge >= 0.3 is 12.1 Å². The van der Waals surface area contributed by atoms with Gasteiger partial charge < -0.3 is 10.4 Å². The zero-order chi connectivity index (χ0) is 23.5. The average Bonchev–Trinajstić information content (AvgIpc) is 2.70. The van der Waals surface area contributed by atoms with E-state index in [1.807, 2.05) is 6.92 Å². The van der Waals surface area contributed by atoms with Gasteiger partial charge in [0.1, 0.15) is 0 Å². The molecule has 1 saturated carbocycles. The van der Waals surface area contributed by atoms with Gasteiger partial charge in [-0.3, -0.25) is 9.59 Å². The lowest BCUT2D eigenvalue weighted by molar-refractivity contribution is -0.178. The van der Waals surface area contributed by atoms with Crippen LogP contribution in [0.5, 0.6) is 0 Å². The third kappa shape index (κ3) is 5.14. The summed E-state index contributed by atoms with van der Waals surface area (Å²) in [5.74, 6) is -4.86. The maximum absolute atomic E-state index is 13.6. The second-order valence-corrected chi connectivity index (χ2v) is 8.71. The van der Waals surface area contributed by atoms with E-state index >= 15 is 0 Å². The monoisotopic (exact) mass is 447 g/mol. The number of rotatable bonds is 8. The molecule has 32 heavy (non-hydrogen) atoms. The molecule has 2 aromatic carbocycles. The number of hydrogen-bond donors (Lipinski definition) is 2. The summed E-state index contributed by atoms with van der Waals surface area (Å²) in [4.78, 5) is 24.7. The second kappa shape index (κ2) is 9.35. The Morgan fingerprint density at radius 3 is 2.25 bits per heavy atom. The molecule has 172 valence electrons. The number of alkyl halides is 3. The number of amides is 1. The number of aryl methyl sites for hydroxylation is 1. The number of nitrogens with one attached hydrogen (secondary N) is 1. The van der Waals surface area contributed by atoms with Crippen molar-refractivity contribution in [2.75, 3.05) is 5.32 Å². The van der Waals surface area contributed by atoms with Crippen LogP contribution in [0.2, 0.25) is 0 Å². The van der Waals surface area contributed by atoms with E-state index in [2.05, 4.69) is 5.32 Å². The van der Waals surface area contributed by atoms with Gasteiger partial charge in [0.25, 0.3) is 0 Å². The highest BCUT2D eigenvalue weighted by atomic mass is 19.4. The van der Waals surface area contributed by atoms with Crippen LogP contribution in [0, 0.1) is 11.3 Å². The van der Waals surface area contributed by atoms with Crippen LogP contribution < -0.4 is 5.32 Å². The van der Waals surface area contributed by atoms with E-state index in [0.717, 1.165) is 30.9 Å². The van der Waals surface area contributed by atoms with E-state index in [0.29, 0.717) is 30.5 Å². The number of carbonyl (C=O) groups is 2. The molecule has 1 fully saturated rings. The topological polar surface area (TPSA) is 66.4 Å². The van der Waals surface area contributed by atoms with Crippen LogP contribution in [0.15, 0.2) is 48.5 Å². The number of anilines is 1. The first-order valence-electron chi connectivity index (χ1n) is 10.8. The first-order chi connectivity index (χ1) is 15.1. The van der Waals surface area contributed by atoms with Crippen molar-refractivity contribution in [1.82, 2.24) is 0 Å². The number of hydrogen-bond acceptors (Lipinski definition) is 2. The van der Waals surface area contributed by atoms with Crippen molar-refractivity contribution in [3.63, 3.8) is 0 Å². The predicted molar refractivity (Wildman–Crippen MR) is 116 cm³/mol. The summed E-state index contributed by atoms with van der Waals surface area (Å²) < 4.78 is 40.7. The van der Waals surface area contributed by atoms with Gasteiger partial charge in [-0.15, -0.1) is 0 Å². The van der Waals surface area contributed by atoms with Crippen molar-refractivity contribution < 1.29 is 27.9 Å². The lowest BCUT2D eigenvalue weighted by Gasteiger charge is -2.37. The van der Waals surface area contributed by atoms with Crippen LogP contribution in [-0.4, -0.2) is 23.2 Å². The van der Waals surface area contributed by atoms with Crippen molar-refractivity contribution in [2.45, 2.75) is 58.0 Å². The third-order valence-corrected chi connectivity index (χ3v) is 6.55. The highest BCUT2D eigenvalue weighted by Crippen LogP contribution is 2.44. The highest BCUT2D eigenvalue weighted by Gasteiger charge is 2.45. The van der Waals surface area contributed by atoms with Gasteiger partial charge in [0, 0.05) is 5.69 Å². The normalized spacial score (nSPS) is 17.2. The maximum Gasteiger partial charge on any atom is 0.392 e. The molecular weight excluding hydrogens is 419 g/mol. The van der Waals surface area contributed by atoms with Crippen LogP contribution >= 0.6 is 0 Å². The number of aliphatic carboxylic acids is 1. The summed E-state index contributed by atoms with van der Waals surface area (Å²) in [6.45, 7) is 2.96. The molecule has 4 nitrogen and oxygen atoms in total. The summed E-state index contributed by atoms with van der Waals surface area (Å²) in [6, 6.07) is 13.3. The quantitative estimate of drug-likeness (QED) is 0.524. The zero-order valence-electron chi connectivity index (χ0n) is 18.2. The van der Waals surface area contributed by atoms with Gasteiger partial charge in [0.15, 0.2) is 0 Å². The Morgan fingerprint density at radius 2 is 1.75 bits per heavy atom. The molecule has 1 aliphatic carbocycles. The van der Waals surface area contributed by atoms with Crippen LogP contribution in [0.3, 0.4) is 0 Å². The van der Waals surface area contributed by atoms with Gasteiger partial charge in [0.2, 0.25) is 5.91 Å². The van der Waals surface area contributed by atoms with Gasteiger partial charge in [-0.2, -0.15) is 13.2 Å². The smallest absolute Gasteiger partial charge is 0.392 e. The Balaban J connectivity index is 1.83. The molecule has 0 saturated heterocycles. The SMILES string of the molecule is CCc1ccc([C@@H](C(=O)Nc2cccc(CC3(C(=O)O)CCC3)c2)[C@@H](C)C(F)(F)F)cc1. The maximum atomic E-state index is 13.6. The van der Waals surface area contributed by atoms with E-state index in [4.69, 9.17) is 0 Å². The van der Waals surface area contributed by atoms with Crippen molar-refractivity contribution in [3.05, 3.63) is 65.2 Å². The van der Waals surface area contributed by atoms with Crippen LogP contribution in [0.25, 0.3) is 0 Å². The van der Waals surface area contributed by atoms with Crippen molar-refractivity contribution in [1.29, 1.82) is 0 Å². The van der Waals surface area contributed by atoms with Gasteiger partial charge in [-0.25, -0.2) is 0 Å². The molecule has 0 spiro atoms. The molecule has 0 aliphatic heterocycles. The number of carboxylic acids is 1. The molecule has 0 heterocycles. The molecule has 0 radical (unpaired) electrons. The van der Waals surface area contributed by atoms with Crippen LogP contribution in [-0.2, 0) is 22.4 Å². The molecule has 3 rings (SSSR count). The molecule has 0 bridgehead atoms. The Bertz CT molecular complexity index is 965.